The van der Waals surface area contributed by atoms with Gasteiger partial charge in [-0.15, -0.1) is 11.3 Å². The van der Waals surface area contributed by atoms with Gasteiger partial charge < -0.3 is 10.2 Å². The van der Waals surface area contributed by atoms with Gasteiger partial charge in [0, 0.05) is 55.2 Å². The van der Waals surface area contributed by atoms with E-state index in [0.717, 1.165) is 22.0 Å². The third kappa shape index (κ3) is 5.28. The van der Waals surface area contributed by atoms with E-state index in [0.29, 0.717) is 39.1 Å². The molecule has 4 rings (SSSR count). The standard InChI is InChI=1S/C22H23N5O2S/c28-20(24-18-6-2-1-3-7-18)15-26-9-11-27(12-10-26)21(29)13-19-16-30-22(25-19)17-5-4-8-23-14-17/h1-8,14,16H,9-13,15H2,(H,24,28). The smallest absolute Gasteiger partial charge is 0.238 e. The molecule has 0 unspecified atom stereocenters. The van der Waals surface area contributed by atoms with Crippen LogP contribution in [0, 0.1) is 0 Å². The second-order valence-corrected chi connectivity index (χ2v) is 7.99. The summed E-state index contributed by atoms with van der Waals surface area (Å²) in [6.07, 6.45) is 3.80. The lowest BCUT2D eigenvalue weighted by molar-refractivity contribution is -0.132. The first-order valence-corrected chi connectivity index (χ1v) is 10.8. The molecule has 7 nitrogen and oxygen atoms in total. The van der Waals surface area contributed by atoms with Crippen LogP contribution in [0.25, 0.3) is 10.6 Å². The van der Waals surface area contributed by atoms with E-state index in [1.165, 1.54) is 11.3 Å². The summed E-state index contributed by atoms with van der Waals surface area (Å²) in [7, 11) is 0. The highest BCUT2D eigenvalue weighted by molar-refractivity contribution is 7.13. The third-order valence-electron chi connectivity index (χ3n) is 4.94. The fourth-order valence-corrected chi connectivity index (χ4v) is 4.17. The predicted molar refractivity (Wildman–Crippen MR) is 117 cm³/mol. The van der Waals surface area contributed by atoms with E-state index in [1.54, 1.807) is 12.4 Å². The molecule has 1 saturated heterocycles. The number of pyridine rings is 1. The summed E-state index contributed by atoms with van der Waals surface area (Å²) < 4.78 is 0. The summed E-state index contributed by atoms with van der Waals surface area (Å²) >= 11 is 1.52. The lowest BCUT2D eigenvalue weighted by Crippen LogP contribution is -2.50. The van der Waals surface area contributed by atoms with Gasteiger partial charge in [-0.25, -0.2) is 4.98 Å². The molecule has 1 N–H and O–H groups in total. The van der Waals surface area contributed by atoms with Crippen molar-refractivity contribution in [3.8, 4) is 10.6 Å². The average molecular weight is 422 g/mol. The summed E-state index contributed by atoms with van der Waals surface area (Å²) in [5, 5.41) is 5.71. The number of carbonyl (C=O) groups is 2. The zero-order chi connectivity index (χ0) is 20.8. The van der Waals surface area contributed by atoms with Crippen molar-refractivity contribution in [3.05, 3.63) is 65.9 Å². The molecule has 2 aromatic heterocycles. The van der Waals surface area contributed by atoms with Gasteiger partial charge in [0.1, 0.15) is 5.01 Å². The first-order chi connectivity index (χ1) is 14.7. The topological polar surface area (TPSA) is 78.4 Å². The van der Waals surface area contributed by atoms with E-state index in [9.17, 15) is 9.59 Å². The summed E-state index contributed by atoms with van der Waals surface area (Å²) in [5.74, 6) is 0.0396. The normalized spacial score (nSPS) is 14.5. The van der Waals surface area contributed by atoms with Crippen molar-refractivity contribution in [1.82, 2.24) is 19.8 Å². The van der Waals surface area contributed by atoms with Crippen molar-refractivity contribution < 1.29 is 9.59 Å². The molecular weight excluding hydrogens is 398 g/mol. The number of carbonyl (C=O) groups excluding carboxylic acids is 2. The summed E-state index contributed by atoms with van der Waals surface area (Å²) in [6, 6.07) is 13.3. The molecule has 1 aliphatic heterocycles. The van der Waals surface area contributed by atoms with Gasteiger partial charge in [0.25, 0.3) is 0 Å². The second kappa shape index (κ2) is 9.60. The number of anilines is 1. The number of hydrogen-bond donors (Lipinski definition) is 1. The van der Waals surface area contributed by atoms with Crippen molar-refractivity contribution in [3.63, 3.8) is 0 Å². The van der Waals surface area contributed by atoms with Crippen LogP contribution in [0.1, 0.15) is 5.69 Å². The van der Waals surface area contributed by atoms with Gasteiger partial charge in [0.2, 0.25) is 11.8 Å². The maximum absolute atomic E-state index is 12.7. The fourth-order valence-electron chi connectivity index (χ4n) is 3.36. The summed E-state index contributed by atoms with van der Waals surface area (Å²) in [5.41, 5.74) is 2.54. The lowest BCUT2D eigenvalue weighted by atomic mass is 10.2. The molecule has 1 aliphatic rings. The highest BCUT2D eigenvalue weighted by Gasteiger charge is 2.23. The van der Waals surface area contributed by atoms with Crippen LogP contribution in [0.15, 0.2) is 60.2 Å². The maximum atomic E-state index is 12.7. The van der Waals surface area contributed by atoms with E-state index >= 15 is 0 Å². The van der Waals surface area contributed by atoms with Crippen LogP contribution in [0.2, 0.25) is 0 Å². The van der Waals surface area contributed by atoms with E-state index in [-0.39, 0.29) is 11.8 Å². The molecule has 3 heterocycles. The molecule has 3 aromatic rings. The van der Waals surface area contributed by atoms with Crippen LogP contribution in [-0.4, -0.2) is 64.3 Å². The lowest BCUT2D eigenvalue weighted by Gasteiger charge is -2.34. The van der Waals surface area contributed by atoms with Crippen molar-refractivity contribution in [2.24, 2.45) is 0 Å². The summed E-state index contributed by atoms with van der Waals surface area (Å²) in [6.45, 7) is 2.95. The molecular formula is C22H23N5O2S. The molecule has 0 atom stereocenters. The Bertz CT molecular complexity index is 985. The monoisotopic (exact) mass is 421 g/mol. The van der Waals surface area contributed by atoms with Crippen molar-refractivity contribution in [2.45, 2.75) is 6.42 Å². The van der Waals surface area contributed by atoms with Gasteiger partial charge in [-0.1, -0.05) is 18.2 Å². The summed E-state index contributed by atoms with van der Waals surface area (Å²) in [4.78, 5) is 37.5. The van der Waals surface area contributed by atoms with Gasteiger partial charge in [-0.3, -0.25) is 19.5 Å². The van der Waals surface area contributed by atoms with Crippen LogP contribution in [0.3, 0.4) is 0 Å². The van der Waals surface area contributed by atoms with E-state index < -0.39 is 0 Å². The van der Waals surface area contributed by atoms with Crippen LogP contribution >= 0.6 is 11.3 Å². The number of benzene rings is 1. The molecule has 0 aliphatic carbocycles. The SMILES string of the molecule is O=C(CN1CCN(C(=O)Cc2csc(-c3cccnc3)n2)CC1)Nc1ccccc1. The fraction of sp³-hybridized carbons (Fsp3) is 0.273. The number of amides is 2. The number of nitrogens with zero attached hydrogens (tertiary/aromatic N) is 4. The maximum Gasteiger partial charge on any atom is 0.238 e. The molecule has 0 spiro atoms. The first-order valence-electron chi connectivity index (χ1n) is 9.87. The third-order valence-corrected chi connectivity index (χ3v) is 5.88. The highest BCUT2D eigenvalue weighted by atomic mass is 32.1. The average Bonchev–Trinajstić information content (AvgIpc) is 3.24. The van der Waals surface area contributed by atoms with Crippen LogP contribution < -0.4 is 5.32 Å². The number of piperazine rings is 1. The number of aromatic nitrogens is 2. The van der Waals surface area contributed by atoms with Crippen molar-refractivity contribution in [1.29, 1.82) is 0 Å². The van der Waals surface area contributed by atoms with E-state index in [1.807, 2.05) is 52.7 Å². The minimum Gasteiger partial charge on any atom is -0.340 e. The Morgan fingerprint density at radius 2 is 1.83 bits per heavy atom. The van der Waals surface area contributed by atoms with Gasteiger partial charge in [-0.2, -0.15) is 0 Å². The number of rotatable bonds is 6. The number of thiazole rings is 1. The van der Waals surface area contributed by atoms with Crippen LogP contribution in [0.4, 0.5) is 5.69 Å². The zero-order valence-electron chi connectivity index (χ0n) is 16.5. The van der Waals surface area contributed by atoms with Crippen LogP contribution in [-0.2, 0) is 16.0 Å². The molecule has 1 fully saturated rings. The van der Waals surface area contributed by atoms with Gasteiger partial charge >= 0.3 is 0 Å². The van der Waals surface area contributed by atoms with E-state index in [2.05, 4.69) is 20.2 Å². The highest BCUT2D eigenvalue weighted by Crippen LogP contribution is 2.23. The first kappa shape index (κ1) is 20.2. The molecule has 0 radical (unpaired) electrons. The Balaban J connectivity index is 1.24. The molecule has 0 bridgehead atoms. The molecule has 1 aromatic carbocycles. The minimum atomic E-state index is -0.0358. The Morgan fingerprint density at radius 1 is 1.03 bits per heavy atom. The Morgan fingerprint density at radius 3 is 2.57 bits per heavy atom. The van der Waals surface area contributed by atoms with E-state index in [4.69, 9.17) is 0 Å². The van der Waals surface area contributed by atoms with Crippen molar-refractivity contribution in [2.75, 3.05) is 38.0 Å². The largest absolute Gasteiger partial charge is 0.340 e. The van der Waals surface area contributed by atoms with Gasteiger partial charge in [0.05, 0.1) is 18.7 Å². The molecule has 8 heteroatoms. The predicted octanol–water partition coefficient (Wildman–Crippen LogP) is 2.53. The minimum absolute atomic E-state index is 0.0358. The molecule has 154 valence electrons. The van der Waals surface area contributed by atoms with Crippen molar-refractivity contribution >= 4 is 28.8 Å². The molecule has 2 amide bonds. The molecule has 30 heavy (non-hydrogen) atoms. The Hall–Kier alpha value is -3.10. The number of para-hydroxylation sites is 1. The van der Waals surface area contributed by atoms with Crippen LogP contribution in [0.5, 0.6) is 0 Å². The second-order valence-electron chi connectivity index (χ2n) is 7.13. The quantitative estimate of drug-likeness (QED) is 0.662. The van der Waals surface area contributed by atoms with Gasteiger partial charge in [-0.05, 0) is 24.3 Å². The Labute approximate surface area is 179 Å². The van der Waals surface area contributed by atoms with Gasteiger partial charge in [0.15, 0.2) is 0 Å². The zero-order valence-corrected chi connectivity index (χ0v) is 17.3. The number of nitrogens with one attached hydrogen (secondary N) is 1. The molecule has 0 saturated carbocycles. The number of hydrogen-bond acceptors (Lipinski definition) is 6. The Kier molecular flexibility index (Phi) is 6.46.